The van der Waals surface area contributed by atoms with Crippen LogP contribution in [0.4, 0.5) is 0 Å². The molecule has 0 heterocycles. The quantitative estimate of drug-likeness (QED) is 0.728. The van der Waals surface area contributed by atoms with E-state index < -0.39 is 12.0 Å². The van der Waals surface area contributed by atoms with Crippen molar-refractivity contribution in [1.29, 1.82) is 0 Å². The first-order valence-corrected chi connectivity index (χ1v) is 7.45. The van der Waals surface area contributed by atoms with E-state index in [9.17, 15) is 9.59 Å². The molecule has 0 saturated heterocycles. The van der Waals surface area contributed by atoms with Gasteiger partial charge in [-0.25, -0.2) is 4.79 Å². The van der Waals surface area contributed by atoms with E-state index >= 15 is 0 Å². The number of rotatable bonds is 7. The molecule has 5 nitrogen and oxygen atoms in total. The van der Waals surface area contributed by atoms with E-state index in [0.717, 1.165) is 17.5 Å². The number of amides is 1. The standard InChI is InChI=1S/C18H20N2O3/c19-16(11-8-13-4-2-1-3-5-13)17(21)20-12-14-6-9-15(10-7-14)18(22)23/h1-7,9-10,16H,8,11-12,19H2,(H,20,21)(H,22,23). The van der Waals surface area contributed by atoms with Gasteiger partial charge in [-0.2, -0.15) is 0 Å². The van der Waals surface area contributed by atoms with Crippen LogP contribution in [0.2, 0.25) is 0 Å². The third-order valence-electron chi connectivity index (χ3n) is 3.59. The maximum atomic E-state index is 12.0. The van der Waals surface area contributed by atoms with Crippen molar-refractivity contribution in [3.63, 3.8) is 0 Å². The molecule has 1 unspecified atom stereocenters. The Morgan fingerprint density at radius 3 is 2.26 bits per heavy atom. The van der Waals surface area contributed by atoms with Gasteiger partial charge in [-0.15, -0.1) is 0 Å². The lowest BCUT2D eigenvalue weighted by Gasteiger charge is -2.12. The monoisotopic (exact) mass is 312 g/mol. The molecular weight excluding hydrogens is 292 g/mol. The second kappa shape index (κ2) is 8.10. The van der Waals surface area contributed by atoms with Crippen LogP contribution in [0.1, 0.15) is 27.9 Å². The summed E-state index contributed by atoms with van der Waals surface area (Å²) < 4.78 is 0. The Bertz CT molecular complexity index is 654. The molecule has 120 valence electrons. The SMILES string of the molecule is NC(CCc1ccccc1)C(=O)NCc1ccc(C(=O)O)cc1. The molecule has 0 aliphatic rings. The summed E-state index contributed by atoms with van der Waals surface area (Å²) in [5.41, 5.74) is 8.11. The van der Waals surface area contributed by atoms with Gasteiger partial charge in [-0.3, -0.25) is 4.79 Å². The summed E-state index contributed by atoms with van der Waals surface area (Å²) in [6.07, 6.45) is 1.33. The van der Waals surface area contributed by atoms with Crippen molar-refractivity contribution < 1.29 is 14.7 Å². The minimum Gasteiger partial charge on any atom is -0.478 e. The molecule has 0 radical (unpaired) electrons. The summed E-state index contributed by atoms with van der Waals surface area (Å²) in [6, 6.07) is 15.7. The maximum Gasteiger partial charge on any atom is 0.335 e. The fraction of sp³-hybridized carbons (Fsp3) is 0.222. The number of aryl methyl sites for hydroxylation is 1. The average Bonchev–Trinajstić information content (AvgIpc) is 2.58. The summed E-state index contributed by atoms with van der Waals surface area (Å²) in [4.78, 5) is 22.8. The molecule has 2 aromatic rings. The highest BCUT2D eigenvalue weighted by molar-refractivity contribution is 5.87. The van der Waals surface area contributed by atoms with Crippen molar-refractivity contribution in [2.75, 3.05) is 0 Å². The Morgan fingerprint density at radius 1 is 1.00 bits per heavy atom. The van der Waals surface area contributed by atoms with Gasteiger partial charge in [-0.1, -0.05) is 42.5 Å². The molecule has 0 saturated carbocycles. The van der Waals surface area contributed by atoms with Crippen molar-refractivity contribution in [2.45, 2.75) is 25.4 Å². The first-order chi connectivity index (χ1) is 11.1. The highest BCUT2D eigenvalue weighted by atomic mass is 16.4. The number of aromatic carboxylic acids is 1. The van der Waals surface area contributed by atoms with E-state index in [0.29, 0.717) is 13.0 Å². The van der Waals surface area contributed by atoms with Gasteiger partial charge in [0.05, 0.1) is 11.6 Å². The average molecular weight is 312 g/mol. The van der Waals surface area contributed by atoms with E-state index in [4.69, 9.17) is 10.8 Å². The fourth-order valence-corrected chi connectivity index (χ4v) is 2.18. The van der Waals surface area contributed by atoms with Crippen LogP contribution >= 0.6 is 0 Å². The zero-order valence-electron chi connectivity index (χ0n) is 12.7. The van der Waals surface area contributed by atoms with Gasteiger partial charge in [0, 0.05) is 6.54 Å². The molecule has 0 aromatic heterocycles. The molecule has 1 amide bonds. The number of carbonyl (C=O) groups is 2. The lowest BCUT2D eigenvalue weighted by atomic mass is 10.1. The molecule has 0 bridgehead atoms. The van der Waals surface area contributed by atoms with E-state index in [-0.39, 0.29) is 11.5 Å². The Labute approximate surface area is 135 Å². The van der Waals surface area contributed by atoms with Gasteiger partial charge in [0.15, 0.2) is 0 Å². The number of nitrogens with one attached hydrogen (secondary N) is 1. The molecule has 2 rings (SSSR count). The molecule has 2 aromatic carbocycles. The van der Waals surface area contributed by atoms with Crippen LogP contribution in [-0.2, 0) is 17.8 Å². The highest BCUT2D eigenvalue weighted by Gasteiger charge is 2.13. The molecule has 0 spiro atoms. The van der Waals surface area contributed by atoms with Crippen molar-refractivity contribution in [3.05, 3.63) is 71.3 Å². The lowest BCUT2D eigenvalue weighted by Crippen LogP contribution is -2.40. The minimum absolute atomic E-state index is 0.205. The third-order valence-corrected chi connectivity index (χ3v) is 3.59. The molecule has 0 aliphatic heterocycles. The molecule has 23 heavy (non-hydrogen) atoms. The molecule has 4 N–H and O–H groups in total. The summed E-state index contributed by atoms with van der Waals surface area (Å²) in [6.45, 7) is 0.331. The zero-order valence-corrected chi connectivity index (χ0v) is 12.7. The number of carbonyl (C=O) groups excluding carboxylic acids is 1. The van der Waals surface area contributed by atoms with Crippen LogP contribution in [-0.4, -0.2) is 23.0 Å². The number of carboxylic acids is 1. The van der Waals surface area contributed by atoms with Crippen LogP contribution in [0.5, 0.6) is 0 Å². The van der Waals surface area contributed by atoms with Crippen LogP contribution in [0.15, 0.2) is 54.6 Å². The zero-order chi connectivity index (χ0) is 16.7. The summed E-state index contributed by atoms with van der Waals surface area (Å²) in [5.74, 6) is -1.17. The summed E-state index contributed by atoms with van der Waals surface area (Å²) in [7, 11) is 0. The van der Waals surface area contributed by atoms with Gasteiger partial charge >= 0.3 is 5.97 Å². The van der Waals surface area contributed by atoms with Gasteiger partial charge in [0.25, 0.3) is 0 Å². The van der Waals surface area contributed by atoms with Gasteiger partial charge in [0.1, 0.15) is 0 Å². The van der Waals surface area contributed by atoms with Gasteiger partial charge in [-0.05, 0) is 36.1 Å². The molecule has 0 aliphatic carbocycles. The first kappa shape index (κ1) is 16.7. The van der Waals surface area contributed by atoms with Crippen molar-refractivity contribution in [2.24, 2.45) is 5.73 Å². The Balaban J connectivity index is 1.78. The number of hydrogen-bond donors (Lipinski definition) is 3. The molecule has 5 heteroatoms. The Kier molecular flexibility index (Phi) is 5.88. The second-order valence-corrected chi connectivity index (χ2v) is 5.35. The smallest absolute Gasteiger partial charge is 0.335 e. The summed E-state index contributed by atoms with van der Waals surface area (Å²) in [5, 5.41) is 11.6. The topological polar surface area (TPSA) is 92.4 Å². The van der Waals surface area contributed by atoms with E-state index in [1.165, 1.54) is 12.1 Å². The third kappa shape index (κ3) is 5.23. The molecule has 1 atom stereocenters. The molecule has 0 fully saturated rings. The number of benzene rings is 2. The van der Waals surface area contributed by atoms with Crippen molar-refractivity contribution in [3.8, 4) is 0 Å². The Hall–Kier alpha value is -2.66. The van der Waals surface area contributed by atoms with Crippen molar-refractivity contribution in [1.82, 2.24) is 5.32 Å². The second-order valence-electron chi connectivity index (χ2n) is 5.35. The Morgan fingerprint density at radius 2 is 1.65 bits per heavy atom. The summed E-state index contributed by atoms with van der Waals surface area (Å²) >= 11 is 0. The normalized spacial score (nSPS) is 11.7. The van der Waals surface area contributed by atoms with Crippen molar-refractivity contribution >= 4 is 11.9 Å². The van der Waals surface area contributed by atoms with Crippen LogP contribution in [0.25, 0.3) is 0 Å². The number of hydrogen-bond acceptors (Lipinski definition) is 3. The molecular formula is C18H20N2O3. The van der Waals surface area contributed by atoms with Crippen LogP contribution in [0, 0.1) is 0 Å². The largest absolute Gasteiger partial charge is 0.478 e. The van der Waals surface area contributed by atoms with Crippen LogP contribution in [0.3, 0.4) is 0 Å². The first-order valence-electron chi connectivity index (χ1n) is 7.45. The van der Waals surface area contributed by atoms with E-state index in [1.54, 1.807) is 12.1 Å². The van der Waals surface area contributed by atoms with Gasteiger partial charge in [0.2, 0.25) is 5.91 Å². The van der Waals surface area contributed by atoms with E-state index in [2.05, 4.69) is 5.32 Å². The van der Waals surface area contributed by atoms with Crippen LogP contribution < -0.4 is 11.1 Å². The minimum atomic E-state index is -0.969. The van der Waals surface area contributed by atoms with E-state index in [1.807, 2.05) is 30.3 Å². The fourth-order valence-electron chi connectivity index (χ4n) is 2.18. The predicted molar refractivity (Wildman–Crippen MR) is 88.0 cm³/mol. The lowest BCUT2D eigenvalue weighted by molar-refractivity contribution is -0.122. The number of nitrogens with two attached hydrogens (primary N) is 1. The number of carboxylic acid groups (broad SMARTS) is 1. The maximum absolute atomic E-state index is 12.0. The predicted octanol–water partition coefficient (Wildman–Crippen LogP) is 1.96. The highest BCUT2D eigenvalue weighted by Crippen LogP contribution is 2.06. The van der Waals surface area contributed by atoms with Gasteiger partial charge < -0.3 is 16.2 Å².